The van der Waals surface area contributed by atoms with E-state index in [9.17, 15) is 4.79 Å². The minimum absolute atomic E-state index is 0.0613. The van der Waals surface area contributed by atoms with Gasteiger partial charge in [0.1, 0.15) is 0 Å². The lowest BCUT2D eigenvalue weighted by Crippen LogP contribution is -2.39. The number of hydrogen-bond donors (Lipinski definition) is 0. The van der Waals surface area contributed by atoms with Gasteiger partial charge in [0.25, 0.3) is 5.91 Å². The van der Waals surface area contributed by atoms with Gasteiger partial charge in [-0.2, -0.15) is 0 Å². The van der Waals surface area contributed by atoms with Crippen molar-refractivity contribution in [2.75, 3.05) is 24.7 Å². The van der Waals surface area contributed by atoms with Gasteiger partial charge in [0.2, 0.25) is 0 Å². The second kappa shape index (κ2) is 6.30. The predicted molar refractivity (Wildman–Crippen MR) is 103 cm³/mol. The quantitative estimate of drug-likeness (QED) is 0.795. The van der Waals surface area contributed by atoms with Crippen LogP contribution in [-0.2, 0) is 4.79 Å². The molecule has 4 rings (SSSR count). The number of benzene rings is 2. The molecule has 0 radical (unpaired) electrons. The van der Waals surface area contributed by atoms with E-state index in [2.05, 4.69) is 23.7 Å². The molecule has 0 spiro atoms. The first-order valence-electron chi connectivity index (χ1n) is 8.76. The smallest absolute Gasteiger partial charge is 0.260 e. The maximum Gasteiger partial charge on any atom is 0.260 e. The molecule has 0 aliphatic carbocycles. The number of anilines is 1. The minimum Gasteiger partial charge on any atom is -0.294 e. The summed E-state index contributed by atoms with van der Waals surface area (Å²) < 4.78 is 0. The number of aliphatic imine (C=N–C) groups is 1. The number of carbonyl (C=O) groups is 1. The molecular formula is C21H21N3O. The van der Waals surface area contributed by atoms with Crippen LogP contribution in [0.25, 0.3) is 11.1 Å². The number of rotatable bonds is 4. The zero-order valence-electron chi connectivity index (χ0n) is 14.6. The first kappa shape index (κ1) is 15.8. The van der Waals surface area contributed by atoms with Gasteiger partial charge < -0.3 is 0 Å². The number of allylic oxidation sites excluding steroid dienone is 1. The number of fused-ring (bicyclic) bond motifs is 2. The van der Waals surface area contributed by atoms with Gasteiger partial charge in [-0.3, -0.25) is 19.6 Å². The highest BCUT2D eigenvalue weighted by Gasteiger charge is 2.35. The van der Waals surface area contributed by atoms with Crippen LogP contribution in [0.2, 0.25) is 0 Å². The SMILES string of the molecule is CCN(CC)CN1C(=O)/C(=C2\C=Nc3ccccc32)c2ccccc21. The Kier molecular flexibility index (Phi) is 3.98. The summed E-state index contributed by atoms with van der Waals surface area (Å²) in [5.74, 6) is 0.0613. The number of para-hydroxylation sites is 2. The van der Waals surface area contributed by atoms with E-state index in [1.165, 1.54) is 0 Å². The van der Waals surface area contributed by atoms with Gasteiger partial charge in [0, 0.05) is 22.9 Å². The molecule has 4 heteroatoms. The Morgan fingerprint density at radius 2 is 1.64 bits per heavy atom. The Balaban J connectivity index is 1.85. The van der Waals surface area contributed by atoms with Crippen molar-refractivity contribution in [2.24, 2.45) is 4.99 Å². The average molecular weight is 331 g/mol. The number of amides is 1. The molecule has 2 aromatic carbocycles. The van der Waals surface area contributed by atoms with Gasteiger partial charge in [-0.25, -0.2) is 0 Å². The van der Waals surface area contributed by atoms with E-state index in [1.54, 1.807) is 0 Å². The molecule has 1 amide bonds. The normalized spacial score (nSPS) is 18.2. The highest BCUT2D eigenvalue weighted by molar-refractivity contribution is 6.44. The van der Waals surface area contributed by atoms with Crippen molar-refractivity contribution in [1.29, 1.82) is 0 Å². The fraction of sp³-hybridized carbons (Fsp3) is 0.238. The van der Waals surface area contributed by atoms with Crippen LogP contribution in [0, 0.1) is 0 Å². The molecule has 2 aliphatic heterocycles. The van der Waals surface area contributed by atoms with E-state index in [0.29, 0.717) is 6.67 Å². The first-order valence-corrected chi connectivity index (χ1v) is 8.76. The fourth-order valence-electron chi connectivity index (χ4n) is 3.52. The van der Waals surface area contributed by atoms with Gasteiger partial charge in [-0.15, -0.1) is 0 Å². The molecule has 0 bridgehead atoms. The summed E-state index contributed by atoms with van der Waals surface area (Å²) in [7, 11) is 0. The molecule has 0 atom stereocenters. The molecule has 0 saturated heterocycles. The number of carbonyl (C=O) groups excluding carboxylic acids is 1. The van der Waals surface area contributed by atoms with E-state index >= 15 is 0 Å². The maximum atomic E-state index is 13.3. The summed E-state index contributed by atoms with van der Waals surface area (Å²) in [6, 6.07) is 16.0. The molecule has 0 aromatic heterocycles. The van der Waals surface area contributed by atoms with Gasteiger partial charge in [0.05, 0.1) is 23.6 Å². The Bertz CT molecular complexity index is 894. The fourth-order valence-corrected chi connectivity index (χ4v) is 3.52. The molecule has 4 nitrogen and oxygen atoms in total. The van der Waals surface area contributed by atoms with Crippen molar-refractivity contribution in [3.05, 3.63) is 59.7 Å². The third kappa shape index (κ3) is 2.50. The molecule has 126 valence electrons. The lowest BCUT2D eigenvalue weighted by atomic mass is 9.97. The third-order valence-electron chi connectivity index (χ3n) is 4.96. The summed E-state index contributed by atoms with van der Waals surface area (Å²) >= 11 is 0. The Labute approximate surface area is 148 Å². The van der Waals surface area contributed by atoms with Gasteiger partial charge >= 0.3 is 0 Å². The average Bonchev–Trinajstić information content (AvgIpc) is 3.18. The second-order valence-electron chi connectivity index (χ2n) is 6.26. The highest BCUT2D eigenvalue weighted by atomic mass is 16.2. The summed E-state index contributed by atoms with van der Waals surface area (Å²) in [4.78, 5) is 21.9. The molecule has 2 heterocycles. The maximum absolute atomic E-state index is 13.3. The Morgan fingerprint density at radius 3 is 2.40 bits per heavy atom. The molecule has 25 heavy (non-hydrogen) atoms. The van der Waals surface area contributed by atoms with Crippen molar-refractivity contribution in [1.82, 2.24) is 4.90 Å². The van der Waals surface area contributed by atoms with Crippen molar-refractivity contribution in [3.8, 4) is 0 Å². The highest BCUT2D eigenvalue weighted by Crippen LogP contribution is 2.43. The van der Waals surface area contributed by atoms with Crippen molar-refractivity contribution in [2.45, 2.75) is 13.8 Å². The second-order valence-corrected chi connectivity index (χ2v) is 6.26. The minimum atomic E-state index is 0.0613. The molecule has 0 unspecified atom stereocenters. The standard InChI is InChI=1S/C21H21N3O/c1-3-23(4-2)14-24-19-12-8-6-10-16(19)20(21(24)25)17-13-22-18-11-7-5-9-15(17)18/h5-13H,3-4,14H2,1-2H3/b20-17+. The van der Waals surface area contributed by atoms with Crippen LogP contribution in [0.1, 0.15) is 25.0 Å². The van der Waals surface area contributed by atoms with Crippen molar-refractivity contribution in [3.63, 3.8) is 0 Å². The Morgan fingerprint density at radius 1 is 0.960 bits per heavy atom. The van der Waals surface area contributed by atoms with E-state index in [-0.39, 0.29) is 5.91 Å². The van der Waals surface area contributed by atoms with Gasteiger partial charge in [-0.05, 0) is 25.2 Å². The van der Waals surface area contributed by atoms with Crippen LogP contribution < -0.4 is 4.90 Å². The molecule has 2 aliphatic rings. The van der Waals surface area contributed by atoms with Crippen LogP contribution in [0.3, 0.4) is 0 Å². The summed E-state index contributed by atoms with van der Waals surface area (Å²) in [5.41, 5.74) is 5.63. The van der Waals surface area contributed by atoms with Crippen LogP contribution in [0.15, 0.2) is 53.5 Å². The summed E-state index contributed by atoms with van der Waals surface area (Å²) in [6.07, 6.45) is 1.83. The topological polar surface area (TPSA) is 35.9 Å². The molecule has 0 saturated carbocycles. The summed E-state index contributed by atoms with van der Waals surface area (Å²) in [5, 5.41) is 0. The molecular weight excluding hydrogens is 310 g/mol. The van der Waals surface area contributed by atoms with Crippen molar-refractivity contribution >= 4 is 34.6 Å². The zero-order chi connectivity index (χ0) is 17.4. The lowest BCUT2D eigenvalue weighted by molar-refractivity contribution is -0.113. The van der Waals surface area contributed by atoms with Crippen LogP contribution in [0.4, 0.5) is 11.4 Å². The number of nitrogens with zero attached hydrogens (tertiary/aromatic N) is 3. The predicted octanol–water partition coefficient (Wildman–Crippen LogP) is 3.96. The van der Waals surface area contributed by atoms with Crippen LogP contribution in [-0.4, -0.2) is 36.8 Å². The largest absolute Gasteiger partial charge is 0.294 e. The monoisotopic (exact) mass is 331 g/mol. The first-order chi connectivity index (χ1) is 12.2. The van der Waals surface area contributed by atoms with E-state index in [0.717, 1.165) is 46.7 Å². The van der Waals surface area contributed by atoms with E-state index in [1.807, 2.05) is 59.6 Å². The van der Waals surface area contributed by atoms with Gasteiger partial charge in [0.15, 0.2) is 0 Å². The van der Waals surface area contributed by atoms with E-state index in [4.69, 9.17) is 0 Å². The lowest BCUT2D eigenvalue weighted by Gasteiger charge is -2.26. The molecule has 0 fully saturated rings. The van der Waals surface area contributed by atoms with Crippen LogP contribution >= 0.6 is 0 Å². The summed E-state index contributed by atoms with van der Waals surface area (Å²) in [6.45, 7) is 6.68. The molecule has 0 N–H and O–H groups in total. The van der Waals surface area contributed by atoms with Gasteiger partial charge in [-0.1, -0.05) is 50.2 Å². The Hall–Kier alpha value is -2.72. The number of hydrogen-bond acceptors (Lipinski definition) is 3. The van der Waals surface area contributed by atoms with Crippen LogP contribution in [0.5, 0.6) is 0 Å². The van der Waals surface area contributed by atoms with E-state index < -0.39 is 0 Å². The molecule has 2 aromatic rings. The zero-order valence-corrected chi connectivity index (χ0v) is 14.6. The van der Waals surface area contributed by atoms with Crippen molar-refractivity contribution < 1.29 is 4.79 Å². The third-order valence-corrected chi connectivity index (χ3v) is 4.96.